The maximum atomic E-state index is 12.4. The molecule has 2 aromatic carbocycles. The normalized spacial score (nSPS) is 18.3. The molecule has 0 aromatic heterocycles. The number of para-hydroxylation sites is 1. The number of hydrogen-bond donors (Lipinski definition) is 2. The predicted octanol–water partition coefficient (Wildman–Crippen LogP) is 2.69. The second kappa shape index (κ2) is 7.19. The maximum absolute atomic E-state index is 12.4. The van der Waals surface area contributed by atoms with E-state index in [1.807, 2.05) is 49.4 Å². The average Bonchev–Trinajstić information content (AvgIpc) is 3.03. The Labute approximate surface area is 157 Å². The quantitative estimate of drug-likeness (QED) is 0.874. The van der Waals surface area contributed by atoms with Crippen molar-refractivity contribution in [3.05, 3.63) is 48.0 Å². The third-order valence-corrected chi connectivity index (χ3v) is 4.69. The van der Waals surface area contributed by atoms with E-state index >= 15 is 0 Å². The first-order valence-corrected chi connectivity index (χ1v) is 8.93. The molecule has 140 valence electrons. The molecule has 2 heterocycles. The number of carbonyl (C=O) groups excluding carboxylic acids is 2. The van der Waals surface area contributed by atoms with Crippen LogP contribution < -0.4 is 25.0 Å². The summed E-state index contributed by atoms with van der Waals surface area (Å²) in [4.78, 5) is 26.4. The van der Waals surface area contributed by atoms with Gasteiger partial charge < -0.3 is 25.0 Å². The van der Waals surface area contributed by atoms with Crippen molar-refractivity contribution in [2.75, 3.05) is 30.0 Å². The summed E-state index contributed by atoms with van der Waals surface area (Å²) >= 11 is 0. The van der Waals surface area contributed by atoms with Gasteiger partial charge in [-0.05, 0) is 30.7 Å². The Hall–Kier alpha value is -3.22. The number of nitrogens with one attached hydrogen (secondary N) is 2. The zero-order valence-electron chi connectivity index (χ0n) is 15.0. The first kappa shape index (κ1) is 17.2. The van der Waals surface area contributed by atoms with Crippen LogP contribution in [0.1, 0.15) is 12.0 Å². The molecule has 7 nitrogen and oxygen atoms in total. The highest BCUT2D eigenvalue weighted by Gasteiger charge is 2.32. The topological polar surface area (TPSA) is 79.9 Å². The summed E-state index contributed by atoms with van der Waals surface area (Å²) in [7, 11) is 0. The minimum atomic E-state index is -0.314. The minimum Gasteiger partial charge on any atom is -0.486 e. The summed E-state index contributed by atoms with van der Waals surface area (Å²) in [6, 6.07) is 12.4. The van der Waals surface area contributed by atoms with Gasteiger partial charge in [0.15, 0.2) is 11.5 Å². The second-order valence-corrected chi connectivity index (χ2v) is 6.65. The van der Waals surface area contributed by atoms with E-state index in [9.17, 15) is 9.59 Å². The third kappa shape index (κ3) is 3.67. The van der Waals surface area contributed by atoms with Gasteiger partial charge in [-0.3, -0.25) is 4.79 Å². The van der Waals surface area contributed by atoms with E-state index in [0.717, 1.165) is 16.9 Å². The zero-order chi connectivity index (χ0) is 18.8. The molecule has 1 saturated heterocycles. The van der Waals surface area contributed by atoms with Crippen LogP contribution in [0.15, 0.2) is 42.5 Å². The molecule has 0 unspecified atom stereocenters. The van der Waals surface area contributed by atoms with Crippen molar-refractivity contribution >= 4 is 23.3 Å². The number of urea groups is 1. The van der Waals surface area contributed by atoms with E-state index in [4.69, 9.17) is 9.47 Å². The molecular weight excluding hydrogens is 346 g/mol. The molecule has 2 N–H and O–H groups in total. The van der Waals surface area contributed by atoms with Crippen molar-refractivity contribution in [1.29, 1.82) is 0 Å². The number of anilines is 2. The number of fused-ring (bicyclic) bond motifs is 1. The number of aryl methyl sites for hydroxylation is 1. The van der Waals surface area contributed by atoms with E-state index in [1.54, 1.807) is 4.90 Å². The van der Waals surface area contributed by atoms with Crippen LogP contribution in [-0.2, 0) is 4.79 Å². The van der Waals surface area contributed by atoms with Gasteiger partial charge in [-0.25, -0.2) is 4.79 Å². The molecule has 1 atom stereocenters. The number of rotatable bonds is 3. The molecule has 4 rings (SSSR count). The molecule has 2 aliphatic heterocycles. The average molecular weight is 367 g/mol. The van der Waals surface area contributed by atoms with Crippen molar-refractivity contribution in [3.8, 4) is 11.5 Å². The van der Waals surface area contributed by atoms with Crippen LogP contribution in [0.25, 0.3) is 0 Å². The first-order valence-electron chi connectivity index (χ1n) is 8.93. The van der Waals surface area contributed by atoms with E-state index in [2.05, 4.69) is 10.6 Å². The van der Waals surface area contributed by atoms with E-state index in [-0.39, 0.29) is 24.4 Å². The van der Waals surface area contributed by atoms with Crippen LogP contribution in [0, 0.1) is 6.92 Å². The van der Waals surface area contributed by atoms with Crippen molar-refractivity contribution in [3.63, 3.8) is 0 Å². The fourth-order valence-corrected chi connectivity index (χ4v) is 3.31. The number of ether oxygens (including phenoxy) is 2. The number of hydrogen-bond acceptors (Lipinski definition) is 4. The van der Waals surface area contributed by atoms with Gasteiger partial charge in [-0.15, -0.1) is 0 Å². The fraction of sp³-hybridized carbons (Fsp3) is 0.300. The summed E-state index contributed by atoms with van der Waals surface area (Å²) in [6.07, 6.45) is 0.260. The number of carbonyl (C=O) groups is 2. The molecule has 0 spiro atoms. The Balaban J connectivity index is 1.40. The Morgan fingerprint density at radius 1 is 1.11 bits per heavy atom. The smallest absolute Gasteiger partial charge is 0.319 e. The van der Waals surface area contributed by atoms with Gasteiger partial charge in [0, 0.05) is 30.4 Å². The highest BCUT2D eigenvalue weighted by Crippen LogP contribution is 2.35. The summed E-state index contributed by atoms with van der Waals surface area (Å²) in [5, 5.41) is 5.71. The van der Waals surface area contributed by atoms with Crippen molar-refractivity contribution < 1.29 is 19.1 Å². The van der Waals surface area contributed by atoms with Crippen LogP contribution in [-0.4, -0.2) is 37.7 Å². The zero-order valence-corrected chi connectivity index (χ0v) is 15.0. The second-order valence-electron chi connectivity index (χ2n) is 6.65. The molecule has 2 aliphatic rings. The minimum absolute atomic E-state index is 0.0344. The monoisotopic (exact) mass is 367 g/mol. The largest absolute Gasteiger partial charge is 0.486 e. The summed E-state index contributed by atoms with van der Waals surface area (Å²) in [6.45, 7) is 3.36. The van der Waals surface area contributed by atoms with E-state index < -0.39 is 0 Å². The molecule has 1 fully saturated rings. The molecule has 27 heavy (non-hydrogen) atoms. The molecule has 0 aliphatic carbocycles. The van der Waals surface area contributed by atoms with Crippen LogP contribution in [0.5, 0.6) is 11.5 Å². The van der Waals surface area contributed by atoms with E-state index in [0.29, 0.717) is 31.3 Å². The summed E-state index contributed by atoms with van der Waals surface area (Å²) in [5.74, 6) is 1.29. The molecule has 0 saturated carbocycles. The molecule has 0 radical (unpaired) electrons. The molecule has 3 amide bonds. The van der Waals surface area contributed by atoms with Crippen LogP contribution in [0.2, 0.25) is 0 Å². The fourth-order valence-electron chi connectivity index (χ4n) is 3.31. The molecular formula is C20H21N3O4. The van der Waals surface area contributed by atoms with Gasteiger partial charge in [0.25, 0.3) is 0 Å². The Morgan fingerprint density at radius 2 is 1.89 bits per heavy atom. The van der Waals surface area contributed by atoms with Crippen LogP contribution in [0.4, 0.5) is 16.2 Å². The maximum Gasteiger partial charge on any atom is 0.319 e. The Morgan fingerprint density at radius 3 is 2.70 bits per heavy atom. The SMILES string of the molecule is Cc1ccccc1NC(=O)N[C@H]1CC(=O)N(c2ccc3c(c2)OCCO3)C1. The van der Waals surface area contributed by atoms with Gasteiger partial charge >= 0.3 is 6.03 Å². The van der Waals surface area contributed by atoms with Gasteiger partial charge in [0.05, 0.1) is 6.04 Å². The Bertz CT molecular complexity index is 883. The van der Waals surface area contributed by atoms with Crippen molar-refractivity contribution in [2.24, 2.45) is 0 Å². The van der Waals surface area contributed by atoms with Crippen LogP contribution in [0.3, 0.4) is 0 Å². The summed E-state index contributed by atoms with van der Waals surface area (Å²) < 4.78 is 11.1. The van der Waals surface area contributed by atoms with E-state index in [1.165, 1.54) is 0 Å². The molecule has 2 aromatic rings. The number of nitrogens with zero attached hydrogens (tertiary/aromatic N) is 1. The van der Waals surface area contributed by atoms with Gasteiger partial charge in [0.1, 0.15) is 13.2 Å². The highest BCUT2D eigenvalue weighted by atomic mass is 16.6. The number of benzene rings is 2. The standard InChI is InChI=1S/C20H21N3O4/c1-13-4-2-3-5-16(13)22-20(25)21-14-10-19(24)23(12-14)15-6-7-17-18(11-15)27-9-8-26-17/h2-7,11,14H,8-10,12H2,1H3,(H2,21,22,25)/t14-/m0/s1. The highest BCUT2D eigenvalue weighted by molar-refractivity contribution is 5.98. The van der Waals surface area contributed by atoms with Crippen molar-refractivity contribution in [2.45, 2.75) is 19.4 Å². The molecule has 0 bridgehead atoms. The van der Waals surface area contributed by atoms with Gasteiger partial charge in [-0.2, -0.15) is 0 Å². The van der Waals surface area contributed by atoms with Crippen LogP contribution >= 0.6 is 0 Å². The lowest BCUT2D eigenvalue weighted by Gasteiger charge is -2.22. The van der Waals surface area contributed by atoms with Gasteiger partial charge in [0.2, 0.25) is 5.91 Å². The lowest BCUT2D eigenvalue weighted by atomic mass is 10.2. The predicted molar refractivity (Wildman–Crippen MR) is 102 cm³/mol. The molecule has 7 heteroatoms. The Kier molecular flexibility index (Phi) is 4.58. The number of amides is 3. The lowest BCUT2D eigenvalue weighted by molar-refractivity contribution is -0.117. The van der Waals surface area contributed by atoms with Crippen molar-refractivity contribution in [1.82, 2.24) is 5.32 Å². The first-order chi connectivity index (χ1) is 13.1. The summed E-state index contributed by atoms with van der Waals surface area (Å²) in [5.41, 5.74) is 2.48. The lowest BCUT2D eigenvalue weighted by Crippen LogP contribution is -2.39. The van der Waals surface area contributed by atoms with Gasteiger partial charge in [-0.1, -0.05) is 18.2 Å². The third-order valence-electron chi connectivity index (χ3n) is 4.69.